The third-order valence-corrected chi connectivity index (χ3v) is 5.88. The van der Waals surface area contributed by atoms with Gasteiger partial charge in [0.05, 0.1) is 6.61 Å². The number of hydrogen-bond acceptors (Lipinski definition) is 9. The Balaban J connectivity index is 2.24. The van der Waals surface area contributed by atoms with E-state index in [1.807, 2.05) is 0 Å². The number of phenolic OH excluding ortho intramolecular Hbond substituents is 1. The minimum atomic E-state index is -4.86. The van der Waals surface area contributed by atoms with Gasteiger partial charge in [0.1, 0.15) is 26.9 Å². The van der Waals surface area contributed by atoms with E-state index >= 15 is 0 Å². The molecule has 164 valence electrons. The molecule has 3 aromatic carbocycles. The van der Waals surface area contributed by atoms with Crippen LogP contribution in [0.3, 0.4) is 0 Å². The van der Waals surface area contributed by atoms with Crippen molar-refractivity contribution in [3.8, 4) is 11.5 Å². The first-order valence-electron chi connectivity index (χ1n) is 8.60. The van der Waals surface area contributed by atoms with Gasteiger partial charge in [0, 0.05) is 17.1 Å². The standard InChI is InChI=1S/C18H17N3O8S2/c1-2-29-12-4-6-14(15(9-12)30(23,24)25)20-21-17-16(31(26,27)28)8-10-7-11(19)3-5-13(10)18(17)22/h3-9,22H,2,19H2,1H3,(H,23,24,25)(H,26,27,28). The number of ether oxygens (including phenoxy) is 1. The van der Waals surface area contributed by atoms with Crippen molar-refractivity contribution in [1.82, 2.24) is 0 Å². The Hall–Kier alpha value is -3.26. The lowest BCUT2D eigenvalue weighted by molar-refractivity contribution is 0.339. The summed E-state index contributed by atoms with van der Waals surface area (Å²) in [6.07, 6.45) is 0. The monoisotopic (exact) mass is 467 g/mol. The van der Waals surface area contributed by atoms with Crippen LogP contribution >= 0.6 is 0 Å². The molecular formula is C18H17N3O8S2. The Morgan fingerprint density at radius 3 is 2.23 bits per heavy atom. The maximum atomic E-state index is 11.8. The molecule has 0 aromatic heterocycles. The van der Waals surface area contributed by atoms with Crippen molar-refractivity contribution in [2.24, 2.45) is 10.2 Å². The van der Waals surface area contributed by atoms with E-state index in [4.69, 9.17) is 10.5 Å². The molecule has 0 fully saturated rings. The van der Waals surface area contributed by atoms with E-state index in [2.05, 4.69) is 10.2 Å². The van der Waals surface area contributed by atoms with Crippen LogP contribution < -0.4 is 10.5 Å². The summed E-state index contributed by atoms with van der Waals surface area (Å²) >= 11 is 0. The van der Waals surface area contributed by atoms with Gasteiger partial charge in [-0.2, -0.15) is 16.8 Å². The Morgan fingerprint density at radius 2 is 1.61 bits per heavy atom. The zero-order chi connectivity index (χ0) is 23.0. The molecule has 3 rings (SSSR count). The van der Waals surface area contributed by atoms with Crippen molar-refractivity contribution >= 4 is 48.1 Å². The molecule has 0 radical (unpaired) electrons. The molecule has 31 heavy (non-hydrogen) atoms. The third-order valence-electron chi connectivity index (χ3n) is 4.13. The lowest BCUT2D eigenvalue weighted by Gasteiger charge is -2.10. The maximum Gasteiger partial charge on any atom is 0.296 e. The van der Waals surface area contributed by atoms with Crippen molar-refractivity contribution in [1.29, 1.82) is 0 Å². The van der Waals surface area contributed by atoms with Gasteiger partial charge in [-0.3, -0.25) is 9.11 Å². The second-order valence-electron chi connectivity index (χ2n) is 6.27. The molecule has 0 aliphatic carbocycles. The molecule has 0 bridgehead atoms. The molecule has 0 atom stereocenters. The summed E-state index contributed by atoms with van der Waals surface area (Å²) in [6.45, 7) is 1.91. The van der Waals surface area contributed by atoms with Crippen molar-refractivity contribution in [2.45, 2.75) is 16.7 Å². The fourth-order valence-corrected chi connectivity index (χ4v) is 4.10. The average Bonchev–Trinajstić information content (AvgIpc) is 2.66. The molecule has 0 aliphatic rings. The van der Waals surface area contributed by atoms with E-state index in [1.54, 1.807) is 6.92 Å². The zero-order valence-electron chi connectivity index (χ0n) is 15.9. The number of azo groups is 1. The van der Waals surface area contributed by atoms with Crippen LogP contribution in [0.4, 0.5) is 17.1 Å². The first-order valence-corrected chi connectivity index (χ1v) is 11.5. The van der Waals surface area contributed by atoms with Crippen molar-refractivity contribution in [3.63, 3.8) is 0 Å². The van der Waals surface area contributed by atoms with Gasteiger partial charge < -0.3 is 15.6 Å². The molecule has 0 spiro atoms. The summed E-state index contributed by atoms with van der Waals surface area (Å²) in [7, 11) is -9.60. The van der Waals surface area contributed by atoms with Crippen LogP contribution in [0, 0.1) is 0 Å². The Bertz CT molecular complexity index is 1420. The third kappa shape index (κ3) is 4.74. The number of phenols is 1. The highest BCUT2D eigenvalue weighted by Gasteiger charge is 2.23. The molecule has 13 heteroatoms. The minimum absolute atomic E-state index is 0.138. The quantitative estimate of drug-likeness (QED) is 0.239. The zero-order valence-corrected chi connectivity index (χ0v) is 17.6. The molecule has 0 unspecified atom stereocenters. The van der Waals surface area contributed by atoms with Gasteiger partial charge in [0.2, 0.25) is 0 Å². The summed E-state index contributed by atoms with van der Waals surface area (Å²) < 4.78 is 71.4. The number of anilines is 1. The van der Waals surface area contributed by atoms with Gasteiger partial charge >= 0.3 is 0 Å². The number of aromatic hydroxyl groups is 1. The van der Waals surface area contributed by atoms with Crippen LogP contribution in [0.1, 0.15) is 6.92 Å². The van der Waals surface area contributed by atoms with E-state index < -0.39 is 41.5 Å². The molecule has 0 saturated heterocycles. The summed E-state index contributed by atoms with van der Waals surface area (Å²) in [6, 6.07) is 8.83. The molecule has 0 heterocycles. The van der Waals surface area contributed by atoms with Crippen molar-refractivity contribution in [2.75, 3.05) is 12.3 Å². The average molecular weight is 467 g/mol. The Labute approximate surface area is 177 Å². The summed E-state index contributed by atoms with van der Waals surface area (Å²) in [5.74, 6) is -0.493. The molecule has 0 aliphatic heterocycles. The molecule has 0 saturated carbocycles. The second-order valence-corrected chi connectivity index (χ2v) is 9.05. The van der Waals surface area contributed by atoms with Gasteiger partial charge in [-0.05, 0) is 48.7 Å². The van der Waals surface area contributed by atoms with Gasteiger partial charge in [-0.15, -0.1) is 10.2 Å². The molecule has 5 N–H and O–H groups in total. The Morgan fingerprint density at radius 1 is 0.935 bits per heavy atom. The number of nitrogen functional groups attached to an aromatic ring is 1. The van der Waals surface area contributed by atoms with Crippen LogP contribution in [-0.4, -0.2) is 37.7 Å². The Kier molecular flexibility index (Phi) is 5.87. The first-order chi connectivity index (χ1) is 14.4. The van der Waals surface area contributed by atoms with Gasteiger partial charge in [-0.1, -0.05) is 0 Å². The molecular weight excluding hydrogens is 450 g/mol. The number of nitrogens with zero attached hydrogens (tertiary/aromatic N) is 2. The number of hydrogen-bond donors (Lipinski definition) is 4. The molecule has 11 nitrogen and oxygen atoms in total. The fraction of sp³-hybridized carbons (Fsp3) is 0.111. The number of nitrogens with two attached hydrogens (primary N) is 1. The highest BCUT2D eigenvalue weighted by Crippen LogP contribution is 2.42. The van der Waals surface area contributed by atoms with E-state index in [0.717, 1.165) is 12.1 Å². The number of rotatable bonds is 6. The van der Waals surface area contributed by atoms with Crippen LogP contribution in [0.5, 0.6) is 11.5 Å². The van der Waals surface area contributed by atoms with E-state index in [-0.39, 0.29) is 34.5 Å². The van der Waals surface area contributed by atoms with Crippen molar-refractivity contribution in [3.05, 3.63) is 42.5 Å². The number of benzene rings is 3. The smallest absolute Gasteiger partial charge is 0.296 e. The largest absolute Gasteiger partial charge is 0.505 e. The molecule has 0 amide bonds. The maximum absolute atomic E-state index is 11.8. The molecule has 3 aromatic rings. The predicted octanol–water partition coefficient (Wildman–Crippen LogP) is 3.44. The summed E-state index contributed by atoms with van der Waals surface area (Å²) in [5, 5.41) is 18.3. The van der Waals surface area contributed by atoms with Crippen LogP contribution in [0.25, 0.3) is 10.8 Å². The predicted molar refractivity (Wildman–Crippen MR) is 111 cm³/mol. The van der Waals surface area contributed by atoms with Gasteiger partial charge in [-0.25, -0.2) is 0 Å². The van der Waals surface area contributed by atoms with Crippen LogP contribution in [-0.2, 0) is 20.2 Å². The van der Waals surface area contributed by atoms with Gasteiger partial charge in [0.25, 0.3) is 20.2 Å². The lowest BCUT2D eigenvalue weighted by Crippen LogP contribution is -2.00. The van der Waals surface area contributed by atoms with E-state index in [1.165, 1.54) is 30.3 Å². The topological polar surface area (TPSA) is 189 Å². The van der Waals surface area contributed by atoms with E-state index in [9.17, 15) is 31.0 Å². The number of fused-ring (bicyclic) bond motifs is 1. The van der Waals surface area contributed by atoms with Crippen LogP contribution in [0.15, 0.2) is 62.5 Å². The first kappa shape index (κ1) is 22.4. The van der Waals surface area contributed by atoms with Gasteiger partial charge in [0.15, 0.2) is 5.75 Å². The fourth-order valence-electron chi connectivity index (χ4n) is 2.81. The minimum Gasteiger partial charge on any atom is -0.505 e. The lowest BCUT2D eigenvalue weighted by atomic mass is 10.1. The second kappa shape index (κ2) is 8.11. The highest BCUT2D eigenvalue weighted by molar-refractivity contribution is 7.86. The van der Waals surface area contributed by atoms with Crippen LogP contribution in [0.2, 0.25) is 0 Å². The normalized spacial score (nSPS) is 12.5. The SMILES string of the molecule is CCOc1ccc(N=Nc2c(S(=O)(=O)O)cc3cc(N)ccc3c2O)c(S(=O)(=O)O)c1. The highest BCUT2D eigenvalue weighted by atomic mass is 32.2. The van der Waals surface area contributed by atoms with Crippen molar-refractivity contribution < 1.29 is 35.8 Å². The van der Waals surface area contributed by atoms with E-state index in [0.29, 0.717) is 0 Å². The summed E-state index contributed by atoms with van der Waals surface area (Å²) in [5.41, 5.74) is 4.97. The summed E-state index contributed by atoms with van der Waals surface area (Å²) in [4.78, 5) is -1.42.